The van der Waals surface area contributed by atoms with Crippen molar-refractivity contribution in [1.29, 1.82) is 0 Å². The molecule has 1 atom stereocenters. The maximum Gasteiger partial charge on any atom is 0.358 e. The molecule has 1 unspecified atom stereocenters. The van der Waals surface area contributed by atoms with E-state index >= 15 is 0 Å². The SMILES string of the molecule is CCSCC(C)Nc1ccc(C(=O)OC)nn1. The van der Waals surface area contributed by atoms with E-state index in [2.05, 4.69) is 34.1 Å². The molecule has 0 aliphatic carbocycles. The second-order valence-electron chi connectivity index (χ2n) is 3.50. The number of hydrogen-bond acceptors (Lipinski definition) is 6. The Balaban J connectivity index is 2.53. The first-order valence-corrected chi connectivity index (χ1v) is 6.59. The Hall–Kier alpha value is -1.30. The van der Waals surface area contributed by atoms with Gasteiger partial charge in [0.05, 0.1) is 7.11 Å². The van der Waals surface area contributed by atoms with Gasteiger partial charge in [0.25, 0.3) is 0 Å². The highest BCUT2D eigenvalue weighted by Crippen LogP contribution is 2.08. The zero-order chi connectivity index (χ0) is 12.7. The first-order valence-electron chi connectivity index (χ1n) is 5.43. The molecule has 0 aliphatic rings. The molecule has 6 heteroatoms. The summed E-state index contributed by atoms with van der Waals surface area (Å²) in [6, 6.07) is 3.64. The maximum absolute atomic E-state index is 11.1. The summed E-state index contributed by atoms with van der Waals surface area (Å²) >= 11 is 1.86. The Morgan fingerprint density at radius 3 is 2.82 bits per heavy atom. The highest BCUT2D eigenvalue weighted by Gasteiger charge is 2.08. The molecule has 0 amide bonds. The number of rotatable bonds is 6. The number of nitrogens with one attached hydrogen (secondary N) is 1. The number of thioether (sulfide) groups is 1. The fourth-order valence-corrected chi connectivity index (χ4v) is 1.88. The lowest BCUT2D eigenvalue weighted by atomic mass is 10.3. The first kappa shape index (κ1) is 13.8. The highest BCUT2D eigenvalue weighted by molar-refractivity contribution is 7.99. The Labute approximate surface area is 105 Å². The van der Waals surface area contributed by atoms with Crippen molar-refractivity contribution in [2.75, 3.05) is 23.9 Å². The molecule has 0 fully saturated rings. The number of carbonyl (C=O) groups is 1. The van der Waals surface area contributed by atoms with Crippen LogP contribution in [-0.2, 0) is 4.74 Å². The van der Waals surface area contributed by atoms with E-state index < -0.39 is 5.97 Å². The lowest BCUT2D eigenvalue weighted by Gasteiger charge is -2.12. The summed E-state index contributed by atoms with van der Waals surface area (Å²) in [4.78, 5) is 11.1. The molecule has 0 radical (unpaired) electrons. The Morgan fingerprint density at radius 1 is 1.53 bits per heavy atom. The molecule has 1 aromatic rings. The summed E-state index contributed by atoms with van der Waals surface area (Å²) in [7, 11) is 1.32. The largest absolute Gasteiger partial charge is 0.464 e. The number of methoxy groups -OCH3 is 1. The van der Waals surface area contributed by atoms with Gasteiger partial charge in [-0.1, -0.05) is 6.92 Å². The van der Waals surface area contributed by atoms with E-state index in [9.17, 15) is 4.79 Å². The van der Waals surface area contributed by atoms with E-state index in [1.807, 2.05) is 11.8 Å². The van der Waals surface area contributed by atoms with E-state index in [4.69, 9.17) is 0 Å². The minimum Gasteiger partial charge on any atom is -0.464 e. The first-order chi connectivity index (χ1) is 8.17. The molecule has 17 heavy (non-hydrogen) atoms. The van der Waals surface area contributed by atoms with Gasteiger partial charge in [0, 0.05) is 11.8 Å². The Morgan fingerprint density at radius 2 is 2.29 bits per heavy atom. The lowest BCUT2D eigenvalue weighted by molar-refractivity contribution is 0.0593. The van der Waals surface area contributed by atoms with E-state index in [0.29, 0.717) is 11.9 Å². The predicted molar refractivity (Wildman–Crippen MR) is 69.5 cm³/mol. The fourth-order valence-electron chi connectivity index (χ4n) is 1.21. The van der Waals surface area contributed by atoms with Gasteiger partial charge in [-0.3, -0.25) is 0 Å². The Kier molecular flexibility index (Phi) is 5.76. The van der Waals surface area contributed by atoms with Crippen LogP contribution in [0.2, 0.25) is 0 Å². The molecule has 0 saturated heterocycles. The van der Waals surface area contributed by atoms with Crippen LogP contribution < -0.4 is 5.32 Å². The quantitative estimate of drug-likeness (QED) is 0.782. The normalized spacial score (nSPS) is 11.9. The summed E-state index contributed by atoms with van der Waals surface area (Å²) < 4.78 is 4.55. The minimum absolute atomic E-state index is 0.216. The second-order valence-corrected chi connectivity index (χ2v) is 4.82. The summed E-state index contributed by atoms with van der Waals surface area (Å²) in [5.74, 6) is 2.30. The van der Waals surface area contributed by atoms with Crippen molar-refractivity contribution in [3.05, 3.63) is 17.8 Å². The van der Waals surface area contributed by atoms with Gasteiger partial charge in [0.2, 0.25) is 0 Å². The molecule has 0 spiro atoms. The van der Waals surface area contributed by atoms with Crippen LogP contribution in [0.4, 0.5) is 5.82 Å². The smallest absolute Gasteiger partial charge is 0.358 e. The molecule has 1 aromatic heterocycles. The molecule has 0 aliphatic heterocycles. The average Bonchev–Trinajstić information content (AvgIpc) is 2.36. The Bertz CT molecular complexity index is 356. The fraction of sp³-hybridized carbons (Fsp3) is 0.545. The van der Waals surface area contributed by atoms with Crippen LogP contribution in [0.5, 0.6) is 0 Å². The molecule has 1 rings (SSSR count). The molecule has 1 N–H and O–H groups in total. The average molecular weight is 255 g/mol. The molecule has 5 nitrogen and oxygen atoms in total. The van der Waals surface area contributed by atoms with Crippen LogP contribution in [0.3, 0.4) is 0 Å². The maximum atomic E-state index is 11.1. The van der Waals surface area contributed by atoms with Gasteiger partial charge in [-0.25, -0.2) is 4.79 Å². The van der Waals surface area contributed by atoms with E-state index in [1.165, 1.54) is 7.11 Å². The van der Waals surface area contributed by atoms with Crippen molar-refractivity contribution in [3.8, 4) is 0 Å². The van der Waals surface area contributed by atoms with Gasteiger partial charge in [0.1, 0.15) is 5.82 Å². The summed E-state index contributed by atoms with van der Waals surface area (Å²) in [5.41, 5.74) is 0.216. The van der Waals surface area contributed by atoms with Gasteiger partial charge >= 0.3 is 5.97 Å². The summed E-state index contributed by atoms with van der Waals surface area (Å²) in [6.45, 7) is 4.21. The van der Waals surface area contributed by atoms with Crippen molar-refractivity contribution in [2.45, 2.75) is 19.9 Å². The van der Waals surface area contributed by atoms with Crippen LogP contribution in [0.25, 0.3) is 0 Å². The predicted octanol–water partition coefficient (Wildman–Crippen LogP) is 1.82. The molecule has 1 heterocycles. The van der Waals surface area contributed by atoms with Crippen molar-refractivity contribution >= 4 is 23.5 Å². The van der Waals surface area contributed by atoms with E-state index in [1.54, 1.807) is 12.1 Å². The molecule has 0 saturated carbocycles. The van der Waals surface area contributed by atoms with Gasteiger partial charge < -0.3 is 10.1 Å². The van der Waals surface area contributed by atoms with Crippen LogP contribution in [0.1, 0.15) is 24.3 Å². The van der Waals surface area contributed by atoms with Crippen LogP contribution >= 0.6 is 11.8 Å². The number of ether oxygens (including phenoxy) is 1. The van der Waals surface area contributed by atoms with Crippen molar-refractivity contribution in [1.82, 2.24) is 10.2 Å². The van der Waals surface area contributed by atoms with Crippen LogP contribution in [0.15, 0.2) is 12.1 Å². The number of aromatic nitrogens is 2. The summed E-state index contributed by atoms with van der Waals surface area (Å²) in [5, 5.41) is 10.9. The molecule has 0 aromatic carbocycles. The van der Waals surface area contributed by atoms with Crippen molar-refractivity contribution in [3.63, 3.8) is 0 Å². The van der Waals surface area contributed by atoms with Crippen molar-refractivity contribution in [2.24, 2.45) is 0 Å². The zero-order valence-corrected chi connectivity index (χ0v) is 11.1. The minimum atomic E-state index is -0.473. The number of hydrogen-bond donors (Lipinski definition) is 1. The van der Waals surface area contributed by atoms with Gasteiger partial charge in [-0.15, -0.1) is 10.2 Å². The van der Waals surface area contributed by atoms with Gasteiger partial charge in [-0.05, 0) is 24.8 Å². The number of nitrogens with zero attached hydrogens (tertiary/aromatic N) is 2. The zero-order valence-electron chi connectivity index (χ0n) is 10.3. The van der Waals surface area contributed by atoms with Gasteiger partial charge in [-0.2, -0.15) is 11.8 Å². The number of carbonyl (C=O) groups excluding carboxylic acids is 1. The van der Waals surface area contributed by atoms with Crippen molar-refractivity contribution < 1.29 is 9.53 Å². The standard InChI is InChI=1S/C11H17N3O2S/c1-4-17-7-8(2)12-10-6-5-9(13-14-10)11(15)16-3/h5-6,8H,4,7H2,1-3H3,(H,12,14). The topological polar surface area (TPSA) is 64.1 Å². The van der Waals surface area contributed by atoms with Gasteiger partial charge in [0.15, 0.2) is 5.69 Å². The third kappa shape index (κ3) is 4.60. The molecular formula is C11H17N3O2S. The monoisotopic (exact) mass is 255 g/mol. The molecular weight excluding hydrogens is 238 g/mol. The summed E-state index contributed by atoms with van der Waals surface area (Å²) in [6.07, 6.45) is 0. The van der Waals surface area contributed by atoms with Crippen LogP contribution in [-0.4, -0.2) is 40.8 Å². The molecule has 0 bridgehead atoms. The second kappa shape index (κ2) is 7.11. The lowest BCUT2D eigenvalue weighted by Crippen LogP contribution is -2.19. The highest BCUT2D eigenvalue weighted by atomic mass is 32.2. The third-order valence-corrected chi connectivity index (χ3v) is 3.17. The third-order valence-electron chi connectivity index (χ3n) is 2.03. The van der Waals surface area contributed by atoms with E-state index in [0.717, 1.165) is 11.5 Å². The molecule has 94 valence electrons. The van der Waals surface area contributed by atoms with E-state index in [-0.39, 0.29) is 5.69 Å². The number of esters is 1. The van der Waals surface area contributed by atoms with Crippen LogP contribution in [0, 0.1) is 0 Å². The number of anilines is 1.